The van der Waals surface area contributed by atoms with Crippen molar-refractivity contribution in [1.82, 2.24) is 0 Å². The SMILES string of the molecule is CC(C)=C(CCCCO[SiH3])C(=O)O. The average molecular weight is 202 g/mol. The molecule has 0 saturated carbocycles. The van der Waals surface area contributed by atoms with Crippen molar-refractivity contribution < 1.29 is 14.3 Å². The summed E-state index contributed by atoms with van der Waals surface area (Å²) in [6.45, 7) is 4.45. The van der Waals surface area contributed by atoms with Gasteiger partial charge in [0.05, 0.1) is 0 Å². The lowest BCUT2D eigenvalue weighted by atomic mass is 10.0. The minimum Gasteiger partial charge on any atom is -0.478 e. The Hall–Kier alpha value is -0.613. The molecule has 0 aliphatic rings. The number of carbonyl (C=O) groups is 1. The topological polar surface area (TPSA) is 46.5 Å². The number of aliphatic carboxylic acids is 1. The molecule has 0 fully saturated rings. The first kappa shape index (κ1) is 12.4. The summed E-state index contributed by atoms with van der Waals surface area (Å²) in [7, 11) is 0.767. The number of hydrogen-bond acceptors (Lipinski definition) is 2. The van der Waals surface area contributed by atoms with Crippen LogP contribution in [0.1, 0.15) is 33.1 Å². The average Bonchev–Trinajstić information content (AvgIpc) is 2.02. The van der Waals surface area contributed by atoms with E-state index in [0.717, 1.165) is 35.5 Å². The standard InChI is InChI=1S/C9H18O3Si/c1-7(2)8(9(10)11)5-3-4-6-12-13/h3-6H2,1-2,13H3,(H,10,11). The van der Waals surface area contributed by atoms with Gasteiger partial charge < -0.3 is 9.53 Å². The number of allylic oxidation sites excluding steroid dienone is 1. The lowest BCUT2D eigenvalue weighted by molar-refractivity contribution is -0.132. The van der Waals surface area contributed by atoms with Gasteiger partial charge in [-0.25, -0.2) is 4.79 Å². The monoisotopic (exact) mass is 202 g/mol. The summed E-state index contributed by atoms with van der Waals surface area (Å²) in [5.74, 6) is -0.785. The summed E-state index contributed by atoms with van der Waals surface area (Å²) in [6.07, 6.45) is 2.51. The van der Waals surface area contributed by atoms with Gasteiger partial charge in [0.1, 0.15) is 10.5 Å². The zero-order valence-corrected chi connectivity index (χ0v) is 10.6. The van der Waals surface area contributed by atoms with Crippen molar-refractivity contribution in [3.63, 3.8) is 0 Å². The van der Waals surface area contributed by atoms with Crippen LogP contribution in [0.15, 0.2) is 11.1 Å². The predicted octanol–water partition coefficient (Wildman–Crippen LogP) is 0.875. The smallest absolute Gasteiger partial charge is 0.331 e. The molecule has 0 unspecified atom stereocenters. The maximum Gasteiger partial charge on any atom is 0.331 e. The van der Waals surface area contributed by atoms with E-state index in [1.165, 1.54) is 0 Å². The first-order chi connectivity index (χ1) is 6.09. The molecule has 0 saturated heterocycles. The van der Waals surface area contributed by atoms with Crippen LogP contribution in [0.2, 0.25) is 0 Å². The Bertz CT molecular complexity index is 195. The van der Waals surface area contributed by atoms with Crippen molar-refractivity contribution >= 4 is 16.5 Å². The highest BCUT2D eigenvalue weighted by atomic mass is 28.2. The molecule has 3 nitrogen and oxygen atoms in total. The molecule has 0 aliphatic heterocycles. The lowest BCUT2D eigenvalue weighted by Gasteiger charge is -2.04. The second-order valence-corrected chi connectivity index (χ2v) is 3.81. The van der Waals surface area contributed by atoms with Crippen LogP contribution < -0.4 is 0 Å². The quantitative estimate of drug-likeness (QED) is 0.395. The van der Waals surface area contributed by atoms with Crippen molar-refractivity contribution in [1.29, 1.82) is 0 Å². The number of carboxylic acids is 1. The van der Waals surface area contributed by atoms with Gasteiger partial charge in [0.2, 0.25) is 0 Å². The summed E-state index contributed by atoms with van der Waals surface area (Å²) in [5.41, 5.74) is 1.45. The Labute approximate surface area is 82.3 Å². The van der Waals surface area contributed by atoms with Gasteiger partial charge in [-0.3, -0.25) is 0 Å². The minimum absolute atomic E-state index is 0.549. The van der Waals surface area contributed by atoms with Crippen molar-refractivity contribution in [3.8, 4) is 0 Å². The third-order valence-corrected chi connectivity index (χ3v) is 2.30. The molecule has 4 heteroatoms. The van der Waals surface area contributed by atoms with E-state index in [4.69, 9.17) is 9.53 Å². The van der Waals surface area contributed by atoms with Crippen LogP contribution >= 0.6 is 0 Å². The van der Waals surface area contributed by atoms with Gasteiger partial charge in [-0.05, 0) is 33.1 Å². The first-order valence-electron chi connectivity index (χ1n) is 4.48. The van der Waals surface area contributed by atoms with Crippen LogP contribution in [0.3, 0.4) is 0 Å². The molecular formula is C9H18O3Si. The molecule has 0 aromatic heterocycles. The van der Waals surface area contributed by atoms with E-state index in [9.17, 15) is 4.79 Å². The summed E-state index contributed by atoms with van der Waals surface area (Å²) in [6, 6.07) is 0. The zero-order chi connectivity index (χ0) is 10.3. The largest absolute Gasteiger partial charge is 0.478 e. The Morgan fingerprint density at radius 1 is 1.38 bits per heavy atom. The number of rotatable bonds is 6. The molecule has 0 bridgehead atoms. The van der Waals surface area contributed by atoms with E-state index in [1.54, 1.807) is 0 Å². The number of carboxylic acid groups (broad SMARTS) is 1. The van der Waals surface area contributed by atoms with Gasteiger partial charge >= 0.3 is 5.97 Å². The van der Waals surface area contributed by atoms with Gasteiger partial charge in [-0.15, -0.1) is 0 Å². The molecule has 0 radical (unpaired) electrons. The highest BCUT2D eigenvalue weighted by Gasteiger charge is 2.07. The van der Waals surface area contributed by atoms with E-state index >= 15 is 0 Å². The second kappa shape index (κ2) is 6.86. The predicted molar refractivity (Wildman–Crippen MR) is 55.8 cm³/mol. The lowest BCUT2D eigenvalue weighted by Crippen LogP contribution is -2.03. The van der Waals surface area contributed by atoms with Crippen molar-refractivity contribution in [2.24, 2.45) is 0 Å². The molecule has 76 valence electrons. The minimum atomic E-state index is -0.785. The van der Waals surface area contributed by atoms with Gasteiger partial charge in [0.25, 0.3) is 0 Å². The molecule has 0 aromatic carbocycles. The Morgan fingerprint density at radius 2 is 2.00 bits per heavy atom. The molecule has 1 N–H and O–H groups in total. The summed E-state index contributed by atoms with van der Waals surface area (Å²) >= 11 is 0. The van der Waals surface area contributed by atoms with Gasteiger partial charge in [0.15, 0.2) is 0 Å². The molecule has 0 amide bonds. The number of unbranched alkanes of at least 4 members (excludes halogenated alkanes) is 1. The zero-order valence-electron chi connectivity index (χ0n) is 8.59. The van der Waals surface area contributed by atoms with Gasteiger partial charge in [-0.2, -0.15) is 0 Å². The van der Waals surface area contributed by atoms with Crippen molar-refractivity contribution in [2.45, 2.75) is 33.1 Å². The fourth-order valence-electron chi connectivity index (χ4n) is 1.12. The van der Waals surface area contributed by atoms with E-state index in [-0.39, 0.29) is 0 Å². The molecular weight excluding hydrogens is 184 g/mol. The van der Waals surface area contributed by atoms with Crippen LogP contribution in [0.5, 0.6) is 0 Å². The Morgan fingerprint density at radius 3 is 2.38 bits per heavy atom. The highest BCUT2D eigenvalue weighted by molar-refractivity contribution is 5.97. The summed E-state index contributed by atoms with van der Waals surface area (Å²) in [5, 5.41) is 8.82. The molecule has 0 rings (SSSR count). The Kier molecular flexibility index (Phi) is 6.53. The van der Waals surface area contributed by atoms with E-state index < -0.39 is 5.97 Å². The van der Waals surface area contributed by atoms with E-state index in [1.807, 2.05) is 13.8 Å². The van der Waals surface area contributed by atoms with Gasteiger partial charge in [0, 0.05) is 12.2 Å². The van der Waals surface area contributed by atoms with Crippen LogP contribution in [0, 0.1) is 0 Å². The third-order valence-electron chi connectivity index (χ3n) is 1.89. The first-order valence-corrected chi connectivity index (χ1v) is 5.29. The molecule has 0 aromatic rings. The molecule has 0 heterocycles. The molecule has 13 heavy (non-hydrogen) atoms. The van der Waals surface area contributed by atoms with Crippen LogP contribution in [0.4, 0.5) is 0 Å². The van der Waals surface area contributed by atoms with Crippen molar-refractivity contribution in [2.75, 3.05) is 6.61 Å². The number of hydrogen-bond donors (Lipinski definition) is 1. The highest BCUT2D eigenvalue weighted by Crippen LogP contribution is 2.12. The summed E-state index contributed by atoms with van der Waals surface area (Å²) < 4.78 is 5.02. The fraction of sp³-hybridized carbons (Fsp3) is 0.667. The van der Waals surface area contributed by atoms with Crippen LogP contribution in [-0.4, -0.2) is 28.2 Å². The Balaban J connectivity index is 3.87. The molecule has 0 atom stereocenters. The van der Waals surface area contributed by atoms with Crippen LogP contribution in [-0.2, 0) is 9.22 Å². The van der Waals surface area contributed by atoms with Gasteiger partial charge in [-0.1, -0.05) is 5.57 Å². The van der Waals surface area contributed by atoms with Crippen LogP contribution in [0.25, 0.3) is 0 Å². The maximum atomic E-state index is 10.7. The molecule has 0 spiro atoms. The normalized spacial score (nSPS) is 10.0. The van der Waals surface area contributed by atoms with E-state index in [0.29, 0.717) is 12.0 Å². The maximum absolute atomic E-state index is 10.7. The fourth-order valence-corrected chi connectivity index (χ4v) is 1.41. The second-order valence-electron chi connectivity index (χ2n) is 3.23. The third kappa shape index (κ3) is 5.60. The molecule has 0 aliphatic carbocycles. The van der Waals surface area contributed by atoms with Crippen molar-refractivity contribution in [3.05, 3.63) is 11.1 Å². The summed E-state index contributed by atoms with van der Waals surface area (Å²) in [4.78, 5) is 10.7. The van der Waals surface area contributed by atoms with E-state index in [2.05, 4.69) is 0 Å².